The summed E-state index contributed by atoms with van der Waals surface area (Å²) in [7, 11) is 1.60. The van der Waals surface area contributed by atoms with E-state index in [2.05, 4.69) is 4.98 Å². The number of imidazole rings is 1. The topological polar surface area (TPSA) is 56.5 Å². The minimum atomic E-state index is -0.612. The predicted octanol–water partition coefficient (Wildman–Crippen LogP) is 2.36. The Hall–Kier alpha value is -2.27. The van der Waals surface area contributed by atoms with Crippen LogP contribution >= 0.6 is 0 Å². The van der Waals surface area contributed by atoms with Gasteiger partial charge in [-0.3, -0.25) is 0 Å². The minimum Gasteiger partial charge on any atom is -0.493 e. The van der Waals surface area contributed by atoms with E-state index in [1.807, 2.05) is 37.3 Å². The number of aliphatic hydroxyl groups excluding tert-OH is 1. The Balaban J connectivity index is 1.95. The molecule has 21 heavy (non-hydrogen) atoms. The SMILES string of the molecule is C/C=C/c1ccc(OCC(O)Cn2ccnc2)c(OC)c1. The Kier molecular flexibility index (Phi) is 5.40. The van der Waals surface area contributed by atoms with Gasteiger partial charge in [-0.15, -0.1) is 0 Å². The molecule has 1 atom stereocenters. The fraction of sp³-hybridized carbons (Fsp3) is 0.312. The van der Waals surface area contributed by atoms with Crippen molar-refractivity contribution in [2.24, 2.45) is 0 Å². The summed E-state index contributed by atoms with van der Waals surface area (Å²) >= 11 is 0. The predicted molar refractivity (Wildman–Crippen MR) is 81.4 cm³/mol. The second-order valence-corrected chi connectivity index (χ2v) is 4.63. The molecular weight excluding hydrogens is 268 g/mol. The molecule has 1 unspecified atom stereocenters. The number of hydrogen-bond acceptors (Lipinski definition) is 4. The van der Waals surface area contributed by atoms with Gasteiger partial charge in [0.2, 0.25) is 0 Å². The number of rotatable bonds is 7. The van der Waals surface area contributed by atoms with Gasteiger partial charge in [0.15, 0.2) is 11.5 Å². The fourth-order valence-corrected chi connectivity index (χ4v) is 1.98. The van der Waals surface area contributed by atoms with Crippen LogP contribution in [0.25, 0.3) is 6.08 Å². The molecule has 112 valence electrons. The summed E-state index contributed by atoms with van der Waals surface area (Å²) < 4.78 is 12.8. The van der Waals surface area contributed by atoms with E-state index >= 15 is 0 Å². The summed E-state index contributed by atoms with van der Waals surface area (Å²) in [5.74, 6) is 1.27. The molecule has 0 radical (unpaired) electrons. The molecular formula is C16H20N2O3. The lowest BCUT2D eigenvalue weighted by Gasteiger charge is -2.15. The first kappa shape index (κ1) is 15.1. The number of aromatic nitrogens is 2. The second kappa shape index (κ2) is 7.50. The van der Waals surface area contributed by atoms with Crippen molar-refractivity contribution < 1.29 is 14.6 Å². The quantitative estimate of drug-likeness (QED) is 0.850. The van der Waals surface area contributed by atoms with Crippen LogP contribution in [0.15, 0.2) is 43.0 Å². The molecule has 5 heteroatoms. The Morgan fingerprint density at radius 1 is 1.38 bits per heavy atom. The molecule has 0 aliphatic heterocycles. The third kappa shape index (κ3) is 4.36. The molecule has 0 aliphatic rings. The number of hydrogen-bond donors (Lipinski definition) is 1. The zero-order valence-corrected chi connectivity index (χ0v) is 12.3. The van der Waals surface area contributed by atoms with Crippen LogP contribution in [0, 0.1) is 0 Å². The first-order valence-electron chi connectivity index (χ1n) is 6.80. The number of ether oxygens (including phenoxy) is 2. The van der Waals surface area contributed by atoms with Gasteiger partial charge in [0.1, 0.15) is 12.7 Å². The van der Waals surface area contributed by atoms with Crippen molar-refractivity contribution in [3.05, 3.63) is 48.6 Å². The summed E-state index contributed by atoms with van der Waals surface area (Å²) in [6.45, 7) is 2.60. The van der Waals surface area contributed by atoms with Gasteiger partial charge < -0.3 is 19.1 Å². The third-order valence-electron chi connectivity index (χ3n) is 2.96. The van der Waals surface area contributed by atoms with Gasteiger partial charge >= 0.3 is 0 Å². The molecule has 0 fully saturated rings. The molecule has 0 amide bonds. The third-order valence-corrected chi connectivity index (χ3v) is 2.96. The highest BCUT2D eigenvalue weighted by molar-refractivity contribution is 5.55. The maximum Gasteiger partial charge on any atom is 0.161 e. The summed E-state index contributed by atoms with van der Waals surface area (Å²) in [6.07, 6.45) is 8.48. The van der Waals surface area contributed by atoms with Crippen molar-refractivity contribution >= 4 is 6.08 Å². The van der Waals surface area contributed by atoms with Gasteiger partial charge in [0.25, 0.3) is 0 Å². The van der Waals surface area contributed by atoms with Crippen molar-refractivity contribution in [1.82, 2.24) is 9.55 Å². The maximum atomic E-state index is 9.96. The molecule has 2 rings (SSSR count). The van der Waals surface area contributed by atoms with E-state index in [1.165, 1.54) is 0 Å². The van der Waals surface area contributed by atoms with E-state index in [1.54, 1.807) is 30.4 Å². The van der Waals surface area contributed by atoms with Gasteiger partial charge in [-0.05, 0) is 24.6 Å². The molecule has 1 N–H and O–H groups in total. The van der Waals surface area contributed by atoms with Crippen LogP contribution in [0.1, 0.15) is 12.5 Å². The zero-order valence-electron chi connectivity index (χ0n) is 12.3. The van der Waals surface area contributed by atoms with E-state index in [0.717, 1.165) is 5.56 Å². The van der Waals surface area contributed by atoms with Gasteiger partial charge in [0, 0.05) is 12.4 Å². The number of methoxy groups -OCH3 is 1. The molecule has 0 bridgehead atoms. The van der Waals surface area contributed by atoms with Crippen molar-refractivity contribution in [1.29, 1.82) is 0 Å². The molecule has 0 saturated carbocycles. The molecule has 1 heterocycles. The van der Waals surface area contributed by atoms with Crippen LogP contribution in [0.3, 0.4) is 0 Å². The highest BCUT2D eigenvalue weighted by Crippen LogP contribution is 2.28. The molecule has 1 aromatic carbocycles. The molecule has 2 aromatic rings. The van der Waals surface area contributed by atoms with Crippen molar-refractivity contribution in [2.45, 2.75) is 19.6 Å². The van der Waals surface area contributed by atoms with E-state index in [4.69, 9.17) is 9.47 Å². The average molecular weight is 288 g/mol. The van der Waals surface area contributed by atoms with E-state index in [9.17, 15) is 5.11 Å². The number of aliphatic hydroxyl groups is 1. The second-order valence-electron chi connectivity index (χ2n) is 4.63. The Bertz CT molecular complexity index is 579. The molecule has 0 saturated heterocycles. The summed E-state index contributed by atoms with van der Waals surface area (Å²) in [5.41, 5.74) is 1.04. The maximum absolute atomic E-state index is 9.96. The van der Waals surface area contributed by atoms with Crippen LogP contribution in [0.2, 0.25) is 0 Å². The highest BCUT2D eigenvalue weighted by Gasteiger charge is 2.09. The smallest absolute Gasteiger partial charge is 0.161 e. The first-order chi connectivity index (χ1) is 10.2. The molecule has 1 aromatic heterocycles. The lowest BCUT2D eigenvalue weighted by molar-refractivity contribution is 0.0910. The Morgan fingerprint density at radius 2 is 2.24 bits per heavy atom. The summed E-state index contributed by atoms with van der Waals surface area (Å²) in [4.78, 5) is 3.93. The lowest BCUT2D eigenvalue weighted by Crippen LogP contribution is -2.23. The van der Waals surface area contributed by atoms with Gasteiger partial charge in [-0.2, -0.15) is 0 Å². The van der Waals surface area contributed by atoms with Gasteiger partial charge in [-0.1, -0.05) is 18.2 Å². The van der Waals surface area contributed by atoms with E-state index in [0.29, 0.717) is 18.0 Å². The average Bonchev–Trinajstić information content (AvgIpc) is 2.99. The van der Waals surface area contributed by atoms with Crippen LogP contribution in [0.5, 0.6) is 11.5 Å². The molecule has 0 spiro atoms. The summed E-state index contributed by atoms with van der Waals surface area (Å²) in [6, 6.07) is 5.69. The van der Waals surface area contributed by atoms with E-state index < -0.39 is 6.10 Å². The first-order valence-corrected chi connectivity index (χ1v) is 6.80. The van der Waals surface area contributed by atoms with Crippen LogP contribution in [0.4, 0.5) is 0 Å². The molecule has 5 nitrogen and oxygen atoms in total. The summed E-state index contributed by atoms with van der Waals surface area (Å²) in [5, 5.41) is 9.96. The molecule has 0 aliphatic carbocycles. The van der Waals surface area contributed by atoms with Crippen molar-refractivity contribution in [3.63, 3.8) is 0 Å². The van der Waals surface area contributed by atoms with Crippen LogP contribution < -0.4 is 9.47 Å². The lowest BCUT2D eigenvalue weighted by atomic mass is 10.2. The largest absolute Gasteiger partial charge is 0.493 e. The van der Waals surface area contributed by atoms with Crippen LogP contribution in [-0.4, -0.2) is 34.5 Å². The normalized spacial score (nSPS) is 12.5. The van der Waals surface area contributed by atoms with E-state index in [-0.39, 0.29) is 6.61 Å². The Labute approximate surface area is 124 Å². The van der Waals surface area contributed by atoms with Crippen molar-refractivity contribution in [2.75, 3.05) is 13.7 Å². The highest BCUT2D eigenvalue weighted by atomic mass is 16.5. The standard InChI is InChI=1S/C16H20N2O3/c1-3-4-13-5-6-15(16(9-13)20-2)21-11-14(19)10-18-8-7-17-12-18/h3-9,12,14,19H,10-11H2,1-2H3/b4-3+. The zero-order chi connectivity index (χ0) is 15.1. The van der Waals surface area contributed by atoms with Crippen LogP contribution in [-0.2, 0) is 6.54 Å². The number of nitrogens with zero attached hydrogens (tertiary/aromatic N) is 2. The number of allylic oxidation sites excluding steroid dienone is 1. The van der Waals surface area contributed by atoms with Gasteiger partial charge in [0.05, 0.1) is 20.0 Å². The van der Waals surface area contributed by atoms with Crippen molar-refractivity contribution in [3.8, 4) is 11.5 Å². The fourth-order valence-electron chi connectivity index (χ4n) is 1.98. The minimum absolute atomic E-state index is 0.192. The monoisotopic (exact) mass is 288 g/mol. The Morgan fingerprint density at radius 3 is 2.90 bits per heavy atom. The van der Waals surface area contributed by atoms with Gasteiger partial charge in [-0.25, -0.2) is 4.98 Å². The number of benzene rings is 1.